The smallest absolute Gasteiger partial charge is 0.407 e. The second-order valence-electron chi connectivity index (χ2n) is 7.50. The molecule has 31 heavy (non-hydrogen) atoms. The van der Waals surface area contributed by atoms with E-state index in [2.05, 4.69) is 21.6 Å². The molecule has 1 atom stereocenters. The van der Waals surface area contributed by atoms with E-state index >= 15 is 0 Å². The Labute approximate surface area is 184 Å². The van der Waals surface area contributed by atoms with E-state index in [1.807, 2.05) is 38.1 Å². The number of aromatic nitrogens is 2. The molecule has 4 rings (SSSR count). The summed E-state index contributed by atoms with van der Waals surface area (Å²) in [6.07, 6.45) is 1.22. The molecule has 158 valence electrons. The van der Waals surface area contributed by atoms with Gasteiger partial charge in [0.1, 0.15) is 21.8 Å². The Balaban J connectivity index is 1.64. The molecule has 1 aliphatic carbocycles. The second-order valence-corrected chi connectivity index (χ2v) is 8.48. The van der Waals surface area contributed by atoms with Crippen molar-refractivity contribution in [3.05, 3.63) is 53.1 Å². The Morgan fingerprint density at radius 1 is 1.26 bits per heavy atom. The van der Waals surface area contributed by atoms with E-state index < -0.39 is 6.09 Å². The van der Waals surface area contributed by atoms with E-state index in [1.165, 1.54) is 24.0 Å². The van der Waals surface area contributed by atoms with Crippen LogP contribution in [0.15, 0.2) is 36.4 Å². The predicted molar refractivity (Wildman–Crippen MR) is 118 cm³/mol. The zero-order chi connectivity index (χ0) is 22.0. The molecule has 2 aromatic carbocycles. The number of nitrogens with one attached hydrogen (secondary N) is 1. The number of alkyl carbamates (subject to hydrolysis) is 1. The van der Waals surface area contributed by atoms with Crippen molar-refractivity contribution >= 4 is 17.4 Å². The number of amides is 1. The fourth-order valence-corrected chi connectivity index (χ4v) is 4.65. The van der Waals surface area contributed by atoms with Gasteiger partial charge >= 0.3 is 6.09 Å². The van der Waals surface area contributed by atoms with Crippen molar-refractivity contribution in [2.45, 2.75) is 38.8 Å². The summed E-state index contributed by atoms with van der Waals surface area (Å²) in [6.45, 7) is 3.85. The molecule has 0 fully saturated rings. The zero-order valence-electron chi connectivity index (χ0n) is 17.5. The van der Waals surface area contributed by atoms with Crippen molar-refractivity contribution in [3.63, 3.8) is 0 Å². The number of carbonyl (C=O) groups excluding carboxylic acids is 1. The lowest BCUT2D eigenvalue weighted by Crippen LogP contribution is -2.26. The third-order valence-corrected chi connectivity index (χ3v) is 6.12. The number of fused-ring (bicyclic) bond motifs is 1. The van der Waals surface area contributed by atoms with Gasteiger partial charge in [-0.15, -0.1) is 10.2 Å². The number of hydrogen-bond donors (Lipinski definition) is 1. The minimum atomic E-state index is -0.431. The molecule has 1 unspecified atom stereocenters. The van der Waals surface area contributed by atoms with Crippen LogP contribution in [0.2, 0.25) is 0 Å². The average Bonchev–Trinajstić information content (AvgIpc) is 3.41. The van der Waals surface area contributed by atoms with Gasteiger partial charge < -0.3 is 14.8 Å². The molecule has 8 heteroatoms. The predicted octanol–water partition coefficient (Wildman–Crippen LogP) is 4.87. The minimum Gasteiger partial charge on any atom is -0.490 e. The highest BCUT2D eigenvalue weighted by molar-refractivity contribution is 7.17. The molecular formula is C23H22N4O3S. The standard InChI is InChI=1S/C23H22N4O3S/c1-13(2)30-20-10-7-14(11-15(20)12-24)21-26-27-22(31-21)18-6-4-5-17-16(18)8-9-19(17)25-23(28)29-3/h4-7,10-11,13,19H,8-9H2,1-3H3,(H,25,28). The van der Waals surface area contributed by atoms with Gasteiger partial charge in [-0.05, 0) is 56.0 Å². The Hall–Kier alpha value is -3.44. The summed E-state index contributed by atoms with van der Waals surface area (Å²) in [5, 5.41) is 22.7. The van der Waals surface area contributed by atoms with Gasteiger partial charge in [0.15, 0.2) is 0 Å². The molecule has 0 saturated carbocycles. The SMILES string of the molecule is COC(=O)NC1CCc2c(-c3nnc(-c4ccc(OC(C)C)c(C#N)c4)s3)cccc21. The van der Waals surface area contributed by atoms with Gasteiger partial charge in [-0.25, -0.2) is 4.79 Å². The lowest BCUT2D eigenvalue weighted by molar-refractivity contribution is 0.166. The number of hydrogen-bond acceptors (Lipinski definition) is 7. The van der Waals surface area contributed by atoms with Crippen molar-refractivity contribution in [3.8, 4) is 33.0 Å². The number of ether oxygens (including phenoxy) is 2. The van der Waals surface area contributed by atoms with E-state index in [-0.39, 0.29) is 12.1 Å². The largest absolute Gasteiger partial charge is 0.490 e. The molecule has 0 aliphatic heterocycles. The summed E-state index contributed by atoms with van der Waals surface area (Å²) in [4.78, 5) is 11.6. The number of nitrogens with zero attached hydrogens (tertiary/aromatic N) is 3. The molecule has 0 saturated heterocycles. The summed E-state index contributed by atoms with van der Waals surface area (Å²) in [5.74, 6) is 0.566. The number of methoxy groups -OCH3 is 1. The Bertz CT molecular complexity index is 1170. The number of rotatable bonds is 5. The molecule has 1 amide bonds. The van der Waals surface area contributed by atoms with Gasteiger partial charge in [-0.2, -0.15) is 5.26 Å². The normalized spacial score (nSPS) is 14.7. The molecule has 1 N–H and O–H groups in total. The third-order valence-electron chi connectivity index (χ3n) is 5.11. The number of benzene rings is 2. The Morgan fingerprint density at radius 3 is 2.81 bits per heavy atom. The summed E-state index contributed by atoms with van der Waals surface area (Å²) in [5.41, 5.74) is 4.58. The molecule has 0 bridgehead atoms. The van der Waals surface area contributed by atoms with Crippen LogP contribution in [0.1, 0.15) is 43.0 Å². The molecule has 1 heterocycles. The molecule has 1 aromatic heterocycles. The maximum Gasteiger partial charge on any atom is 0.407 e. The first-order valence-electron chi connectivity index (χ1n) is 10.0. The number of nitriles is 1. The lowest BCUT2D eigenvalue weighted by atomic mass is 10.0. The highest BCUT2D eigenvalue weighted by atomic mass is 32.1. The molecular weight excluding hydrogens is 412 g/mol. The quantitative estimate of drug-likeness (QED) is 0.615. The van der Waals surface area contributed by atoms with Crippen LogP contribution in [0.5, 0.6) is 5.75 Å². The molecule has 0 radical (unpaired) electrons. The fourth-order valence-electron chi connectivity index (χ4n) is 3.76. The van der Waals surface area contributed by atoms with Gasteiger partial charge in [-0.1, -0.05) is 29.5 Å². The average molecular weight is 435 g/mol. The first kappa shape index (κ1) is 20.8. The van der Waals surface area contributed by atoms with Crippen LogP contribution in [0.4, 0.5) is 4.79 Å². The van der Waals surface area contributed by atoms with Crippen LogP contribution >= 0.6 is 11.3 Å². The molecule has 0 spiro atoms. The van der Waals surface area contributed by atoms with E-state index in [0.29, 0.717) is 11.3 Å². The van der Waals surface area contributed by atoms with Gasteiger partial charge in [0.2, 0.25) is 0 Å². The maximum atomic E-state index is 11.6. The summed E-state index contributed by atoms with van der Waals surface area (Å²) >= 11 is 1.48. The molecule has 1 aliphatic rings. The first-order chi connectivity index (χ1) is 15.0. The lowest BCUT2D eigenvalue weighted by Gasteiger charge is -2.13. The minimum absolute atomic E-state index is 0.0104. The summed E-state index contributed by atoms with van der Waals surface area (Å²) in [7, 11) is 1.36. The second kappa shape index (κ2) is 8.74. The highest BCUT2D eigenvalue weighted by Crippen LogP contribution is 2.40. The van der Waals surface area contributed by atoms with E-state index in [0.717, 1.165) is 39.5 Å². The Morgan fingerprint density at radius 2 is 2.06 bits per heavy atom. The van der Waals surface area contributed by atoms with Crippen LogP contribution in [-0.4, -0.2) is 29.5 Å². The topological polar surface area (TPSA) is 97.1 Å². The zero-order valence-corrected chi connectivity index (χ0v) is 18.3. The van der Waals surface area contributed by atoms with Gasteiger partial charge in [-0.3, -0.25) is 0 Å². The fraction of sp³-hybridized carbons (Fsp3) is 0.304. The van der Waals surface area contributed by atoms with Gasteiger partial charge in [0.25, 0.3) is 0 Å². The van der Waals surface area contributed by atoms with Crippen LogP contribution in [0, 0.1) is 11.3 Å². The first-order valence-corrected chi connectivity index (χ1v) is 10.8. The summed E-state index contributed by atoms with van der Waals surface area (Å²) in [6, 6.07) is 13.6. The van der Waals surface area contributed by atoms with Crippen LogP contribution < -0.4 is 10.1 Å². The Kier molecular flexibility index (Phi) is 5.87. The monoisotopic (exact) mass is 434 g/mol. The van der Waals surface area contributed by atoms with Crippen LogP contribution in [0.3, 0.4) is 0 Å². The van der Waals surface area contributed by atoms with Crippen molar-refractivity contribution < 1.29 is 14.3 Å². The van der Waals surface area contributed by atoms with E-state index in [4.69, 9.17) is 9.47 Å². The highest BCUT2D eigenvalue weighted by Gasteiger charge is 2.27. The van der Waals surface area contributed by atoms with Gasteiger partial charge in [0.05, 0.1) is 24.8 Å². The van der Waals surface area contributed by atoms with Crippen molar-refractivity contribution in [2.75, 3.05) is 7.11 Å². The van der Waals surface area contributed by atoms with Crippen molar-refractivity contribution in [2.24, 2.45) is 0 Å². The number of carbonyl (C=O) groups is 1. The van der Waals surface area contributed by atoms with E-state index in [9.17, 15) is 10.1 Å². The van der Waals surface area contributed by atoms with Crippen LogP contribution in [-0.2, 0) is 11.2 Å². The van der Waals surface area contributed by atoms with Crippen LogP contribution in [0.25, 0.3) is 21.1 Å². The third kappa shape index (κ3) is 4.23. The van der Waals surface area contributed by atoms with E-state index in [1.54, 1.807) is 12.1 Å². The summed E-state index contributed by atoms with van der Waals surface area (Å²) < 4.78 is 10.4. The van der Waals surface area contributed by atoms with Gasteiger partial charge in [0, 0.05) is 11.1 Å². The molecule has 3 aromatic rings. The van der Waals surface area contributed by atoms with Crippen molar-refractivity contribution in [1.29, 1.82) is 5.26 Å². The molecule has 7 nitrogen and oxygen atoms in total. The maximum absolute atomic E-state index is 11.6. The van der Waals surface area contributed by atoms with Crippen molar-refractivity contribution in [1.82, 2.24) is 15.5 Å².